The van der Waals surface area contributed by atoms with Crippen molar-refractivity contribution in [3.05, 3.63) is 28.7 Å². The lowest BCUT2D eigenvalue weighted by Gasteiger charge is -2.15. The van der Waals surface area contributed by atoms with Gasteiger partial charge in [-0.15, -0.1) is 12.4 Å². The van der Waals surface area contributed by atoms with Crippen molar-refractivity contribution >= 4 is 40.2 Å². The van der Waals surface area contributed by atoms with Gasteiger partial charge in [0, 0.05) is 4.47 Å². The maximum Gasteiger partial charge on any atom is 0.239 e. The summed E-state index contributed by atoms with van der Waals surface area (Å²) >= 11 is 3.34. The molecule has 0 aliphatic carbocycles. The molecule has 0 spiro atoms. The van der Waals surface area contributed by atoms with Crippen LogP contribution >= 0.6 is 28.3 Å². The number of hydrogen-bond acceptors (Lipinski definition) is 4. The zero-order valence-electron chi connectivity index (χ0n) is 13.2. The average molecular weight is 409 g/mol. The number of nitrogens with one attached hydrogen (secondary N) is 2. The zero-order valence-corrected chi connectivity index (χ0v) is 15.6. The van der Waals surface area contributed by atoms with E-state index in [0.717, 1.165) is 10.2 Å². The summed E-state index contributed by atoms with van der Waals surface area (Å²) in [5.74, 6) is 0.163. The van der Waals surface area contributed by atoms with Gasteiger partial charge < -0.3 is 21.1 Å². The van der Waals surface area contributed by atoms with Crippen LogP contribution in [0.2, 0.25) is 0 Å². The molecular weight excluding hydrogens is 386 g/mol. The minimum Gasteiger partial charge on any atom is -0.492 e. The molecule has 0 saturated heterocycles. The highest BCUT2D eigenvalue weighted by molar-refractivity contribution is 9.10. The Labute approximate surface area is 151 Å². The number of carbonyl (C=O) groups is 2. The molecular formula is C15H23BrClN3O3. The molecule has 0 fully saturated rings. The Morgan fingerprint density at radius 3 is 2.39 bits per heavy atom. The summed E-state index contributed by atoms with van der Waals surface area (Å²) in [6.45, 7) is 4.33. The molecule has 4 N–H and O–H groups in total. The van der Waals surface area contributed by atoms with Gasteiger partial charge in [-0.3, -0.25) is 9.59 Å². The Hall–Kier alpha value is -1.31. The Balaban J connectivity index is 0.00000484. The lowest BCUT2D eigenvalue weighted by Crippen LogP contribution is -2.47. The molecule has 0 radical (unpaired) electrons. The molecule has 130 valence electrons. The van der Waals surface area contributed by atoms with E-state index in [1.165, 1.54) is 0 Å². The second-order valence-electron chi connectivity index (χ2n) is 5.14. The largest absolute Gasteiger partial charge is 0.492 e. The van der Waals surface area contributed by atoms with Crippen molar-refractivity contribution in [3.63, 3.8) is 0 Å². The number of nitrogens with two attached hydrogens (primary N) is 1. The number of hydrogen-bond donors (Lipinski definition) is 3. The molecule has 6 nitrogen and oxygen atoms in total. The van der Waals surface area contributed by atoms with Gasteiger partial charge in [0.15, 0.2) is 0 Å². The predicted molar refractivity (Wildman–Crippen MR) is 95.7 cm³/mol. The van der Waals surface area contributed by atoms with Gasteiger partial charge >= 0.3 is 0 Å². The fourth-order valence-electron chi connectivity index (χ4n) is 1.54. The summed E-state index contributed by atoms with van der Waals surface area (Å²) in [5, 5.41) is 5.17. The first-order valence-corrected chi connectivity index (χ1v) is 7.88. The lowest BCUT2D eigenvalue weighted by molar-refractivity contribution is -0.127. The topological polar surface area (TPSA) is 93.5 Å². The van der Waals surface area contributed by atoms with E-state index in [2.05, 4.69) is 26.6 Å². The third kappa shape index (κ3) is 8.78. The summed E-state index contributed by atoms with van der Waals surface area (Å²) in [4.78, 5) is 23.2. The minimum absolute atomic E-state index is 0. The molecule has 1 aromatic carbocycles. The number of amides is 2. The van der Waals surface area contributed by atoms with Gasteiger partial charge in [-0.1, -0.05) is 29.8 Å². The van der Waals surface area contributed by atoms with E-state index in [4.69, 9.17) is 10.5 Å². The molecule has 1 aromatic rings. The predicted octanol–water partition coefficient (Wildman–Crippen LogP) is 1.47. The molecule has 2 amide bonds. The number of halogens is 2. The van der Waals surface area contributed by atoms with Gasteiger partial charge in [-0.2, -0.15) is 0 Å². The number of carbonyl (C=O) groups excluding carboxylic acids is 2. The van der Waals surface area contributed by atoms with E-state index >= 15 is 0 Å². The van der Waals surface area contributed by atoms with Crippen molar-refractivity contribution in [2.75, 3.05) is 19.7 Å². The molecule has 1 atom stereocenters. The third-order valence-corrected chi connectivity index (χ3v) is 3.48. The van der Waals surface area contributed by atoms with E-state index in [-0.39, 0.29) is 36.7 Å². The van der Waals surface area contributed by atoms with Gasteiger partial charge in [0.25, 0.3) is 0 Å². The second kappa shape index (κ2) is 11.3. The summed E-state index contributed by atoms with van der Waals surface area (Å²) in [5.41, 5.74) is 5.68. The third-order valence-electron chi connectivity index (χ3n) is 2.95. The number of rotatable bonds is 8. The Kier molecular flexibility index (Phi) is 10.6. The van der Waals surface area contributed by atoms with Crippen LogP contribution in [0.25, 0.3) is 0 Å². The maximum absolute atomic E-state index is 11.6. The molecule has 0 unspecified atom stereocenters. The van der Waals surface area contributed by atoms with E-state index in [0.29, 0.717) is 13.2 Å². The van der Waals surface area contributed by atoms with Gasteiger partial charge in [0.05, 0.1) is 19.1 Å². The molecule has 8 heteroatoms. The quantitative estimate of drug-likeness (QED) is 0.568. The normalized spacial score (nSPS) is 11.3. The Morgan fingerprint density at radius 2 is 1.83 bits per heavy atom. The monoisotopic (exact) mass is 407 g/mol. The Bertz CT molecular complexity index is 497. The van der Waals surface area contributed by atoms with Crippen molar-refractivity contribution in [3.8, 4) is 5.75 Å². The minimum atomic E-state index is -0.603. The van der Waals surface area contributed by atoms with Crippen molar-refractivity contribution < 1.29 is 14.3 Å². The average Bonchev–Trinajstić information content (AvgIpc) is 2.50. The van der Waals surface area contributed by atoms with Crippen LogP contribution in [-0.2, 0) is 9.59 Å². The van der Waals surface area contributed by atoms with E-state index in [1.54, 1.807) is 0 Å². The fraction of sp³-hybridized carbons (Fsp3) is 0.467. The van der Waals surface area contributed by atoms with E-state index < -0.39 is 6.04 Å². The van der Waals surface area contributed by atoms with Crippen LogP contribution in [0.5, 0.6) is 5.75 Å². The summed E-state index contributed by atoms with van der Waals surface area (Å²) in [6.07, 6.45) is 0. The van der Waals surface area contributed by atoms with Gasteiger partial charge in [-0.25, -0.2) is 0 Å². The molecule has 0 aliphatic rings. The highest BCUT2D eigenvalue weighted by atomic mass is 79.9. The van der Waals surface area contributed by atoms with Gasteiger partial charge in [0.2, 0.25) is 11.8 Å². The van der Waals surface area contributed by atoms with Gasteiger partial charge in [-0.05, 0) is 30.2 Å². The van der Waals surface area contributed by atoms with Crippen molar-refractivity contribution in [2.45, 2.75) is 19.9 Å². The van der Waals surface area contributed by atoms with E-state index in [9.17, 15) is 9.59 Å². The van der Waals surface area contributed by atoms with Crippen molar-refractivity contribution in [2.24, 2.45) is 11.7 Å². The second-order valence-corrected chi connectivity index (χ2v) is 6.06. The van der Waals surface area contributed by atoms with Crippen LogP contribution in [0.15, 0.2) is 28.7 Å². The molecule has 23 heavy (non-hydrogen) atoms. The van der Waals surface area contributed by atoms with Crippen molar-refractivity contribution in [1.29, 1.82) is 0 Å². The smallest absolute Gasteiger partial charge is 0.239 e. The van der Waals surface area contributed by atoms with Crippen LogP contribution in [0.1, 0.15) is 13.8 Å². The standard InChI is InChI=1S/C15H22BrN3O3.ClH/c1-10(2)14(17)15(21)19-9-13(20)18-7-8-22-12-5-3-11(16)4-6-12;/h3-6,10,14H,7-9,17H2,1-2H3,(H,18,20)(H,19,21);1H/t14-;/m0./s1. The first kappa shape index (κ1) is 21.7. The SMILES string of the molecule is CC(C)[C@H](N)C(=O)NCC(=O)NCCOc1ccc(Br)cc1.Cl. The van der Waals surface area contributed by atoms with Crippen LogP contribution in [0, 0.1) is 5.92 Å². The Morgan fingerprint density at radius 1 is 1.22 bits per heavy atom. The maximum atomic E-state index is 11.6. The highest BCUT2D eigenvalue weighted by Crippen LogP contribution is 2.15. The molecule has 1 rings (SSSR count). The first-order chi connectivity index (χ1) is 10.4. The first-order valence-electron chi connectivity index (χ1n) is 7.08. The molecule has 0 aromatic heterocycles. The summed E-state index contributed by atoms with van der Waals surface area (Å²) in [6, 6.07) is 6.82. The van der Waals surface area contributed by atoms with E-state index in [1.807, 2.05) is 38.1 Å². The molecule has 0 bridgehead atoms. The number of benzene rings is 1. The molecule has 0 heterocycles. The van der Waals surface area contributed by atoms with Gasteiger partial charge in [0.1, 0.15) is 12.4 Å². The molecule has 0 saturated carbocycles. The van der Waals surface area contributed by atoms with Crippen LogP contribution in [0.4, 0.5) is 0 Å². The zero-order chi connectivity index (χ0) is 16.5. The fourth-order valence-corrected chi connectivity index (χ4v) is 1.80. The summed E-state index contributed by atoms with van der Waals surface area (Å²) < 4.78 is 6.44. The van der Waals surface area contributed by atoms with Crippen LogP contribution in [0.3, 0.4) is 0 Å². The van der Waals surface area contributed by atoms with Crippen molar-refractivity contribution in [1.82, 2.24) is 10.6 Å². The highest BCUT2D eigenvalue weighted by Gasteiger charge is 2.17. The number of ether oxygens (including phenoxy) is 1. The lowest BCUT2D eigenvalue weighted by atomic mass is 10.1. The summed E-state index contributed by atoms with van der Waals surface area (Å²) in [7, 11) is 0. The molecule has 0 aliphatic heterocycles. The van der Waals surface area contributed by atoms with Crippen LogP contribution in [-0.4, -0.2) is 37.6 Å². The van der Waals surface area contributed by atoms with Crippen LogP contribution < -0.4 is 21.1 Å².